The van der Waals surface area contributed by atoms with Crippen LogP contribution in [0.5, 0.6) is 0 Å². The Bertz CT molecular complexity index is 907. The first-order valence-electron chi connectivity index (χ1n) is 9.36. The molecule has 2 aliphatic rings. The summed E-state index contributed by atoms with van der Waals surface area (Å²) in [5.41, 5.74) is 2.93. The Morgan fingerprint density at radius 2 is 2.04 bits per heavy atom. The fourth-order valence-corrected chi connectivity index (χ4v) is 5.64. The number of esters is 1. The van der Waals surface area contributed by atoms with Crippen molar-refractivity contribution in [1.29, 1.82) is 0 Å². The molecule has 1 aromatic heterocycles. The highest BCUT2D eigenvalue weighted by molar-refractivity contribution is 7.80. The maximum absolute atomic E-state index is 12.3. The number of hydrogen-bond acceptors (Lipinski definition) is 5. The smallest absolute Gasteiger partial charge is 0.341 e. The molecule has 1 aromatic carbocycles. The third-order valence-corrected chi connectivity index (χ3v) is 7.07. The quantitative estimate of drug-likeness (QED) is 0.576. The second kappa shape index (κ2) is 8.27. The second-order valence-electron chi connectivity index (χ2n) is 6.94. The summed E-state index contributed by atoms with van der Waals surface area (Å²) in [6, 6.07) is 7.93. The van der Waals surface area contributed by atoms with Gasteiger partial charge < -0.3 is 19.9 Å². The first-order chi connectivity index (χ1) is 13.6. The molecule has 2 heterocycles. The van der Waals surface area contributed by atoms with Crippen molar-refractivity contribution in [3.63, 3.8) is 0 Å². The van der Waals surface area contributed by atoms with Crippen LogP contribution >= 0.6 is 35.2 Å². The van der Waals surface area contributed by atoms with Gasteiger partial charge in [0.15, 0.2) is 5.11 Å². The molecule has 1 N–H and O–H groups in total. The normalized spacial score (nSPS) is 16.1. The first kappa shape index (κ1) is 19.5. The number of halogens is 1. The Kier molecular flexibility index (Phi) is 5.75. The lowest BCUT2D eigenvalue weighted by Gasteiger charge is -2.37. The molecule has 0 atom stereocenters. The summed E-state index contributed by atoms with van der Waals surface area (Å²) in [4.78, 5) is 18.0. The maximum Gasteiger partial charge on any atom is 0.341 e. The zero-order chi connectivity index (χ0) is 19.7. The van der Waals surface area contributed by atoms with Crippen molar-refractivity contribution in [2.45, 2.75) is 19.3 Å². The van der Waals surface area contributed by atoms with Gasteiger partial charge in [0.25, 0.3) is 0 Å². The number of anilines is 2. The number of hydrogen-bond donors (Lipinski definition) is 1. The van der Waals surface area contributed by atoms with E-state index in [0.717, 1.165) is 66.7 Å². The fraction of sp³-hybridized carbons (Fsp3) is 0.400. The van der Waals surface area contributed by atoms with Gasteiger partial charge in [0.1, 0.15) is 5.00 Å². The lowest BCUT2D eigenvalue weighted by atomic mass is 10.1. The van der Waals surface area contributed by atoms with Crippen molar-refractivity contribution in [2.24, 2.45) is 0 Å². The van der Waals surface area contributed by atoms with E-state index in [1.54, 1.807) is 11.3 Å². The van der Waals surface area contributed by atoms with Gasteiger partial charge in [-0.3, -0.25) is 0 Å². The van der Waals surface area contributed by atoms with Gasteiger partial charge in [-0.25, -0.2) is 4.79 Å². The van der Waals surface area contributed by atoms with Crippen LogP contribution in [0.1, 0.15) is 27.2 Å². The summed E-state index contributed by atoms with van der Waals surface area (Å²) in [6.07, 6.45) is 3.06. The minimum absolute atomic E-state index is 0.282. The lowest BCUT2D eigenvalue weighted by molar-refractivity contribution is 0.0601. The van der Waals surface area contributed by atoms with E-state index in [1.807, 2.05) is 18.2 Å². The molecule has 8 heteroatoms. The van der Waals surface area contributed by atoms with E-state index in [0.29, 0.717) is 10.7 Å². The van der Waals surface area contributed by atoms with E-state index in [-0.39, 0.29) is 5.97 Å². The van der Waals surface area contributed by atoms with Crippen LogP contribution in [0.15, 0.2) is 24.3 Å². The number of benzene rings is 1. The highest BCUT2D eigenvalue weighted by atomic mass is 35.5. The van der Waals surface area contributed by atoms with Crippen molar-refractivity contribution in [3.05, 3.63) is 45.3 Å². The summed E-state index contributed by atoms with van der Waals surface area (Å²) in [5, 5.41) is 5.55. The van der Waals surface area contributed by atoms with E-state index in [9.17, 15) is 4.79 Å². The number of ether oxygens (including phenoxy) is 1. The predicted molar refractivity (Wildman–Crippen MR) is 119 cm³/mol. The molecule has 1 aliphatic carbocycles. The van der Waals surface area contributed by atoms with Crippen LogP contribution in [0.2, 0.25) is 5.02 Å². The standard InChI is InChI=1S/C20H22ClN3O2S2/c1-26-19(25)17-15-6-3-7-16(15)28-18(17)22-20(27)24-10-8-23(9-11-24)14-5-2-4-13(21)12-14/h2,4-5,12H,3,6-11H2,1H3,(H,22,27). The predicted octanol–water partition coefficient (Wildman–Crippen LogP) is 4.20. The first-order valence-corrected chi connectivity index (χ1v) is 11.0. The molecule has 1 fully saturated rings. The number of carbonyl (C=O) groups excluding carboxylic acids is 1. The van der Waals surface area contributed by atoms with Crippen LogP contribution in [0.4, 0.5) is 10.7 Å². The Balaban J connectivity index is 1.42. The molecule has 5 nitrogen and oxygen atoms in total. The third-order valence-electron chi connectivity index (χ3n) is 5.27. The van der Waals surface area contributed by atoms with Gasteiger partial charge in [0, 0.05) is 41.8 Å². The number of rotatable bonds is 3. The van der Waals surface area contributed by atoms with E-state index in [1.165, 1.54) is 12.0 Å². The Hall–Kier alpha value is -1.83. The molecule has 0 radical (unpaired) electrons. The Labute approximate surface area is 179 Å². The molecule has 0 saturated carbocycles. The summed E-state index contributed by atoms with van der Waals surface area (Å²) < 4.78 is 5.01. The van der Waals surface area contributed by atoms with Crippen molar-refractivity contribution < 1.29 is 9.53 Å². The summed E-state index contributed by atoms with van der Waals surface area (Å²) in [7, 11) is 1.43. The zero-order valence-corrected chi connectivity index (χ0v) is 18.1. The number of methoxy groups -OCH3 is 1. The molecule has 1 saturated heterocycles. The number of aryl methyl sites for hydroxylation is 1. The van der Waals surface area contributed by atoms with Gasteiger partial charge in [0.2, 0.25) is 0 Å². The fourth-order valence-electron chi connectivity index (χ4n) is 3.83. The molecule has 0 amide bonds. The molecule has 2 aromatic rings. The molecule has 28 heavy (non-hydrogen) atoms. The molecule has 0 spiro atoms. The van der Waals surface area contributed by atoms with Gasteiger partial charge in [-0.15, -0.1) is 11.3 Å². The highest BCUT2D eigenvalue weighted by Crippen LogP contribution is 2.39. The molecule has 148 valence electrons. The number of nitrogens with zero attached hydrogens (tertiary/aromatic N) is 2. The number of piperazine rings is 1. The van der Waals surface area contributed by atoms with E-state index in [2.05, 4.69) is 21.2 Å². The topological polar surface area (TPSA) is 44.8 Å². The van der Waals surface area contributed by atoms with Gasteiger partial charge in [-0.2, -0.15) is 0 Å². The van der Waals surface area contributed by atoms with Gasteiger partial charge in [-0.05, 0) is 55.2 Å². The van der Waals surface area contributed by atoms with Crippen LogP contribution in [-0.2, 0) is 17.6 Å². The van der Waals surface area contributed by atoms with E-state index >= 15 is 0 Å². The van der Waals surface area contributed by atoms with Gasteiger partial charge >= 0.3 is 5.97 Å². The summed E-state index contributed by atoms with van der Waals surface area (Å²) >= 11 is 13.4. The van der Waals surface area contributed by atoms with Gasteiger partial charge in [-0.1, -0.05) is 17.7 Å². The average molecular weight is 436 g/mol. The van der Waals surface area contributed by atoms with E-state index < -0.39 is 0 Å². The maximum atomic E-state index is 12.3. The van der Waals surface area contributed by atoms with Crippen molar-refractivity contribution in [1.82, 2.24) is 4.90 Å². The van der Waals surface area contributed by atoms with Crippen LogP contribution in [0.25, 0.3) is 0 Å². The molecule has 1 aliphatic heterocycles. The summed E-state index contributed by atoms with van der Waals surface area (Å²) in [5.74, 6) is -0.282. The average Bonchev–Trinajstić information content (AvgIpc) is 3.28. The molecular weight excluding hydrogens is 414 g/mol. The van der Waals surface area contributed by atoms with Crippen molar-refractivity contribution in [3.8, 4) is 0 Å². The number of thiocarbonyl (C=S) groups is 1. The summed E-state index contributed by atoms with van der Waals surface area (Å²) in [6.45, 7) is 3.37. The number of fused-ring (bicyclic) bond motifs is 1. The Morgan fingerprint density at radius 3 is 2.75 bits per heavy atom. The number of thiophene rings is 1. The highest BCUT2D eigenvalue weighted by Gasteiger charge is 2.28. The Morgan fingerprint density at radius 1 is 1.25 bits per heavy atom. The van der Waals surface area contributed by atoms with E-state index in [4.69, 9.17) is 28.6 Å². The lowest BCUT2D eigenvalue weighted by Crippen LogP contribution is -2.50. The largest absolute Gasteiger partial charge is 0.465 e. The minimum atomic E-state index is -0.282. The number of carbonyl (C=O) groups is 1. The minimum Gasteiger partial charge on any atom is -0.465 e. The van der Waals surface area contributed by atoms with Crippen LogP contribution in [0.3, 0.4) is 0 Å². The molecular formula is C20H22ClN3O2S2. The zero-order valence-electron chi connectivity index (χ0n) is 15.7. The van der Waals surface area contributed by atoms with Crippen LogP contribution in [0, 0.1) is 0 Å². The van der Waals surface area contributed by atoms with Crippen molar-refractivity contribution in [2.75, 3.05) is 43.5 Å². The third kappa shape index (κ3) is 3.83. The van der Waals surface area contributed by atoms with Crippen LogP contribution in [-0.4, -0.2) is 49.3 Å². The SMILES string of the molecule is COC(=O)c1c(NC(=S)N2CCN(c3cccc(Cl)c3)CC2)sc2c1CCC2. The molecule has 0 bridgehead atoms. The monoisotopic (exact) mass is 435 g/mol. The molecule has 0 unspecified atom stereocenters. The van der Waals surface area contributed by atoms with Crippen LogP contribution < -0.4 is 10.2 Å². The van der Waals surface area contributed by atoms with Crippen molar-refractivity contribution >= 4 is 56.9 Å². The second-order valence-corrected chi connectivity index (χ2v) is 8.87. The number of nitrogens with one attached hydrogen (secondary N) is 1. The molecule has 4 rings (SSSR count). The van der Waals surface area contributed by atoms with Gasteiger partial charge in [0.05, 0.1) is 12.7 Å².